The van der Waals surface area contributed by atoms with E-state index in [1.165, 1.54) is 0 Å². The molecular formula is C13H21N3O. The maximum atomic E-state index is 12.0. The average Bonchev–Trinajstić information content (AvgIpc) is 2.30. The molecule has 1 heterocycles. The molecule has 1 atom stereocenters. The molecule has 0 spiro atoms. The van der Waals surface area contributed by atoms with Crippen LogP contribution in [0.15, 0.2) is 24.5 Å². The number of nitrogens with one attached hydrogen (secondary N) is 2. The highest BCUT2D eigenvalue weighted by atomic mass is 16.2. The van der Waals surface area contributed by atoms with Crippen molar-refractivity contribution in [1.82, 2.24) is 15.6 Å². The number of amides is 1. The Bertz CT molecular complexity index is 362. The maximum Gasteiger partial charge on any atom is 0.240 e. The van der Waals surface area contributed by atoms with Crippen LogP contribution in [-0.2, 0) is 4.79 Å². The highest BCUT2D eigenvalue weighted by Crippen LogP contribution is 2.12. The van der Waals surface area contributed by atoms with E-state index in [-0.39, 0.29) is 11.9 Å². The summed E-state index contributed by atoms with van der Waals surface area (Å²) >= 11 is 0. The highest BCUT2D eigenvalue weighted by molar-refractivity contribution is 5.85. The van der Waals surface area contributed by atoms with Gasteiger partial charge in [0.15, 0.2) is 0 Å². The van der Waals surface area contributed by atoms with Gasteiger partial charge < -0.3 is 10.6 Å². The Morgan fingerprint density at radius 2 is 2.24 bits per heavy atom. The van der Waals surface area contributed by atoms with Crippen molar-refractivity contribution in [3.05, 3.63) is 30.1 Å². The molecule has 0 unspecified atom stereocenters. The molecule has 0 saturated carbocycles. The topological polar surface area (TPSA) is 54.0 Å². The smallest absolute Gasteiger partial charge is 0.240 e. The van der Waals surface area contributed by atoms with Crippen LogP contribution >= 0.6 is 0 Å². The Hall–Kier alpha value is -1.42. The molecule has 94 valence electrons. The lowest BCUT2D eigenvalue weighted by molar-refractivity contribution is -0.127. The van der Waals surface area contributed by atoms with Crippen LogP contribution in [0.1, 0.15) is 39.3 Å². The first-order valence-electron chi connectivity index (χ1n) is 5.93. The van der Waals surface area contributed by atoms with Crippen molar-refractivity contribution in [3.63, 3.8) is 0 Å². The normalized spacial score (nSPS) is 13.2. The van der Waals surface area contributed by atoms with E-state index in [0.717, 1.165) is 12.1 Å². The predicted molar refractivity (Wildman–Crippen MR) is 68.6 cm³/mol. The Kier molecular flexibility index (Phi) is 4.63. The van der Waals surface area contributed by atoms with Crippen LogP contribution in [0.25, 0.3) is 0 Å². The number of carbonyl (C=O) groups excluding carboxylic acids is 1. The SMILES string of the molecule is CCNC(C)(C)C(=O)N[C@@H](C)c1cccnc1. The van der Waals surface area contributed by atoms with E-state index in [4.69, 9.17) is 0 Å². The summed E-state index contributed by atoms with van der Waals surface area (Å²) < 4.78 is 0. The lowest BCUT2D eigenvalue weighted by Crippen LogP contribution is -2.52. The summed E-state index contributed by atoms with van der Waals surface area (Å²) in [4.78, 5) is 16.1. The third kappa shape index (κ3) is 3.82. The minimum absolute atomic E-state index is 0.00398. The van der Waals surface area contributed by atoms with Crippen LogP contribution in [0.5, 0.6) is 0 Å². The van der Waals surface area contributed by atoms with E-state index < -0.39 is 5.54 Å². The molecule has 4 heteroatoms. The Balaban J connectivity index is 2.63. The minimum Gasteiger partial charge on any atom is -0.348 e. The average molecular weight is 235 g/mol. The summed E-state index contributed by atoms with van der Waals surface area (Å²) in [7, 11) is 0. The molecule has 0 aliphatic rings. The van der Waals surface area contributed by atoms with Gasteiger partial charge in [-0.25, -0.2) is 0 Å². The molecule has 1 aromatic rings. The first-order chi connectivity index (χ1) is 7.97. The zero-order valence-electron chi connectivity index (χ0n) is 10.9. The van der Waals surface area contributed by atoms with Crippen LogP contribution in [0, 0.1) is 0 Å². The van der Waals surface area contributed by atoms with Gasteiger partial charge in [-0.2, -0.15) is 0 Å². The molecule has 4 nitrogen and oxygen atoms in total. The molecule has 1 amide bonds. The monoisotopic (exact) mass is 235 g/mol. The van der Waals surface area contributed by atoms with Gasteiger partial charge in [-0.15, -0.1) is 0 Å². The number of likely N-dealkylation sites (N-methyl/N-ethyl adjacent to an activating group) is 1. The summed E-state index contributed by atoms with van der Waals surface area (Å²) in [5.74, 6) is -0.00398. The number of pyridine rings is 1. The van der Waals surface area contributed by atoms with E-state index >= 15 is 0 Å². The fourth-order valence-electron chi connectivity index (χ4n) is 1.61. The predicted octanol–water partition coefficient (Wildman–Crippen LogP) is 1.65. The number of hydrogen-bond acceptors (Lipinski definition) is 3. The van der Waals surface area contributed by atoms with Gasteiger partial charge in [0.05, 0.1) is 11.6 Å². The maximum absolute atomic E-state index is 12.0. The van der Waals surface area contributed by atoms with Crippen LogP contribution in [0.4, 0.5) is 0 Å². The second-order valence-electron chi connectivity index (χ2n) is 4.64. The molecule has 0 radical (unpaired) electrons. The molecular weight excluding hydrogens is 214 g/mol. The second-order valence-corrected chi connectivity index (χ2v) is 4.64. The quantitative estimate of drug-likeness (QED) is 0.816. The van der Waals surface area contributed by atoms with Crippen LogP contribution in [-0.4, -0.2) is 23.0 Å². The summed E-state index contributed by atoms with van der Waals surface area (Å²) in [5.41, 5.74) is 0.457. The largest absolute Gasteiger partial charge is 0.348 e. The van der Waals surface area contributed by atoms with E-state index in [2.05, 4.69) is 15.6 Å². The molecule has 17 heavy (non-hydrogen) atoms. The molecule has 1 aromatic heterocycles. The van der Waals surface area contributed by atoms with Crippen molar-refractivity contribution >= 4 is 5.91 Å². The summed E-state index contributed by atoms with van der Waals surface area (Å²) in [6, 6.07) is 3.79. The van der Waals surface area contributed by atoms with Gasteiger partial charge in [0.2, 0.25) is 5.91 Å². The molecule has 0 bridgehead atoms. The highest BCUT2D eigenvalue weighted by Gasteiger charge is 2.27. The summed E-state index contributed by atoms with van der Waals surface area (Å²) in [5, 5.41) is 6.13. The van der Waals surface area contributed by atoms with Gasteiger partial charge >= 0.3 is 0 Å². The zero-order valence-corrected chi connectivity index (χ0v) is 10.9. The number of aromatic nitrogens is 1. The lowest BCUT2D eigenvalue weighted by Gasteiger charge is -2.26. The fourth-order valence-corrected chi connectivity index (χ4v) is 1.61. The molecule has 1 rings (SSSR count). The van der Waals surface area contributed by atoms with Gasteiger partial charge in [-0.05, 0) is 38.9 Å². The zero-order chi connectivity index (χ0) is 12.9. The Morgan fingerprint density at radius 3 is 2.76 bits per heavy atom. The fraction of sp³-hybridized carbons (Fsp3) is 0.538. The van der Waals surface area contributed by atoms with Crippen molar-refractivity contribution in [3.8, 4) is 0 Å². The van der Waals surface area contributed by atoms with E-state index in [1.807, 2.05) is 39.8 Å². The van der Waals surface area contributed by atoms with Crippen LogP contribution < -0.4 is 10.6 Å². The molecule has 0 fully saturated rings. The molecule has 0 saturated heterocycles. The van der Waals surface area contributed by atoms with Crippen molar-refractivity contribution in [2.45, 2.75) is 39.3 Å². The minimum atomic E-state index is -0.550. The third-order valence-electron chi connectivity index (χ3n) is 2.72. The number of nitrogens with zero attached hydrogens (tertiary/aromatic N) is 1. The summed E-state index contributed by atoms with van der Waals surface area (Å²) in [6.45, 7) is 8.46. The standard InChI is InChI=1S/C13H21N3O/c1-5-15-13(3,4)12(17)16-10(2)11-7-6-8-14-9-11/h6-10,15H,5H2,1-4H3,(H,16,17)/t10-/m0/s1. The molecule has 0 aromatic carbocycles. The van der Waals surface area contributed by atoms with Gasteiger partial charge in [-0.3, -0.25) is 9.78 Å². The van der Waals surface area contributed by atoms with Crippen molar-refractivity contribution in [2.75, 3.05) is 6.54 Å². The Labute approximate surface area is 103 Å². The summed E-state index contributed by atoms with van der Waals surface area (Å²) in [6.07, 6.45) is 3.49. The van der Waals surface area contributed by atoms with E-state index in [9.17, 15) is 4.79 Å². The van der Waals surface area contributed by atoms with Gasteiger partial charge in [0, 0.05) is 12.4 Å². The second kappa shape index (κ2) is 5.77. The lowest BCUT2D eigenvalue weighted by atomic mass is 10.0. The first-order valence-corrected chi connectivity index (χ1v) is 5.93. The molecule has 0 aliphatic carbocycles. The van der Waals surface area contributed by atoms with Crippen molar-refractivity contribution in [1.29, 1.82) is 0 Å². The molecule has 0 aliphatic heterocycles. The van der Waals surface area contributed by atoms with E-state index in [1.54, 1.807) is 12.4 Å². The van der Waals surface area contributed by atoms with Crippen molar-refractivity contribution in [2.24, 2.45) is 0 Å². The third-order valence-corrected chi connectivity index (χ3v) is 2.72. The van der Waals surface area contributed by atoms with Crippen molar-refractivity contribution < 1.29 is 4.79 Å². The van der Waals surface area contributed by atoms with Gasteiger partial charge in [0.25, 0.3) is 0 Å². The number of hydrogen-bond donors (Lipinski definition) is 2. The van der Waals surface area contributed by atoms with Crippen LogP contribution in [0.3, 0.4) is 0 Å². The van der Waals surface area contributed by atoms with Gasteiger partial charge in [-0.1, -0.05) is 13.0 Å². The number of carbonyl (C=O) groups is 1. The van der Waals surface area contributed by atoms with Gasteiger partial charge in [0.1, 0.15) is 0 Å². The first kappa shape index (κ1) is 13.6. The van der Waals surface area contributed by atoms with E-state index in [0.29, 0.717) is 0 Å². The van der Waals surface area contributed by atoms with Crippen LogP contribution in [0.2, 0.25) is 0 Å². The Morgan fingerprint density at radius 1 is 1.53 bits per heavy atom. The molecule has 2 N–H and O–H groups in total. The number of rotatable bonds is 5.